The number of benzene rings is 1. The molecule has 0 spiro atoms. The highest BCUT2D eigenvalue weighted by atomic mass is 32.2. The van der Waals surface area contributed by atoms with Gasteiger partial charge in [-0.2, -0.15) is 4.31 Å². The fourth-order valence-electron chi connectivity index (χ4n) is 4.05. The van der Waals surface area contributed by atoms with E-state index in [2.05, 4.69) is 0 Å². The molecule has 1 aliphatic carbocycles. The second kappa shape index (κ2) is 5.42. The zero-order chi connectivity index (χ0) is 15.2. The standard InChI is InChI=1S/C16H21NO4S/c18-22(19,13-7-8-15-16(10-13)21-11-20-15)17-9-3-6-14(17)12-4-1-2-5-12/h7-8,10,12,14H,1-6,9,11H2. The third-order valence-electron chi connectivity index (χ3n) is 5.14. The van der Waals surface area contributed by atoms with Crippen LogP contribution in [0, 0.1) is 5.92 Å². The summed E-state index contributed by atoms with van der Waals surface area (Å²) in [6.07, 6.45) is 6.76. The van der Waals surface area contributed by atoms with E-state index in [0.29, 0.717) is 28.9 Å². The average Bonchev–Trinajstić information content (AvgIpc) is 3.25. The molecule has 2 heterocycles. The van der Waals surface area contributed by atoms with E-state index in [1.165, 1.54) is 12.8 Å². The molecule has 1 atom stereocenters. The Morgan fingerprint density at radius 2 is 1.77 bits per heavy atom. The van der Waals surface area contributed by atoms with Crippen LogP contribution in [0.1, 0.15) is 38.5 Å². The van der Waals surface area contributed by atoms with Crippen LogP contribution in [0.5, 0.6) is 11.5 Å². The number of rotatable bonds is 3. The molecule has 5 nitrogen and oxygen atoms in total. The highest BCUT2D eigenvalue weighted by Crippen LogP contribution is 2.40. The highest BCUT2D eigenvalue weighted by Gasteiger charge is 2.40. The van der Waals surface area contributed by atoms with Gasteiger partial charge in [-0.1, -0.05) is 12.8 Å². The van der Waals surface area contributed by atoms with Crippen molar-refractivity contribution in [1.82, 2.24) is 4.31 Å². The molecule has 0 bridgehead atoms. The maximum absolute atomic E-state index is 13.0. The van der Waals surface area contributed by atoms with Crippen molar-refractivity contribution in [2.45, 2.75) is 49.5 Å². The molecule has 2 aliphatic heterocycles. The summed E-state index contributed by atoms with van der Waals surface area (Å²) in [5.41, 5.74) is 0. The lowest BCUT2D eigenvalue weighted by Crippen LogP contribution is -2.39. The van der Waals surface area contributed by atoms with Gasteiger partial charge >= 0.3 is 0 Å². The van der Waals surface area contributed by atoms with E-state index in [1.54, 1.807) is 22.5 Å². The van der Waals surface area contributed by atoms with E-state index >= 15 is 0 Å². The number of nitrogens with zero attached hydrogens (tertiary/aromatic N) is 1. The number of hydrogen-bond acceptors (Lipinski definition) is 4. The molecule has 1 unspecified atom stereocenters. The van der Waals surface area contributed by atoms with Crippen LogP contribution >= 0.6 is 0 Å². The number of hydrogen-bond donors (Lipinski definition) is 0. The zero-order valence-electron chi connectivity index (χ0n) is 12.5. The minimum absolute atomic E-state index is 0.160. The molecule has 0 amide bonds. The summed E-state index contributed by atoms with van der Waals surface area (Å²) < 4.78 is 38.4. The molecule has 22 heavy (non-hydrogen) atoms. The molecule has 1 aromatic rings. The van der Waals surface area contributed by atoms with Crippen molar-refractivity contribution in [1.29, 1.82) is 0 Å². The molecule has 0 N–H and O–H groups in total. The third-order valence-corrected chi connectivity index (χ3v) is 7.06. The lowest BCUT2D eigenvalue weighted by Gasteiger charge is -2.28. The minimum Gasteiger partial charge on any atom is -0.454 e. The first-order valence-electron chi connectivity index (χ1n) is 8.08. The van der Waals surface area contributed by atoms with Gasteiger partial charge in [0.05, 0.1) is 4.90 Å². The van der Waals surface area contributed by atoms with Gasteiger partial charge in [-0.15, -0.1) is 0 Å². The zero-order valence-corrected chi connectivity index (χ0v) is 13.3. The summed E-state index contributed by atoms with van der Waals surface area (Å²) in [4.78, 5) is 0.321. The predicted molar refractivity (Wildman–Crippen MR) is 81.4 cm³/mol. The largest absolute Gasteiger partial charge is 0.454 e. The van der Waals surface area contributed by atoms with Gasteiger partial charge in [0.25, 0.3) is 0 Å². The lowest BCUT2D eigenvalue weighted by molar-refractivity contribution is 0.174. The quantitative estimate of drug-likeness (QED) is 0.858. The third kappa shape index (κ3) is 2.29. The van der Waals surface area contributed by atoms with Gasteiger partial charge in [-0.3, -0.25) is 0 Å². The average molecular weight is 323 g/mol. The van der Waals surface area contributed by atoms with Crippen molar-refractivity contribution < 1.29 is 17.9 Å². The summed E-state index contributed by atoms with van der Waals surface area (Å²) in [6.45, 7) is 0.797. The normalized spacial score (nSPS) is 25.9. The molecule has 6 heteroatoms. The lowest BCUT2D eigenvalue weighted by atomic mass is 9.97. The van der Waals surface area contributed by atoms with Crippen molar-refractivity contribution in [2.24, 2.45) is 5.92 Å². The van der Waals surface area contributed by atoms with Gasteiger partial charge in [0, 0.05) is 18.7 Å². The summed E-state index contributed by atoms with van der Waals surface area (Å²) in [7, 11) is -3.45. The van der Waals surface area contributed by atoms with Gasteiger partial charge in [0.2, 0.25) is 16.8 Å². The fraction of sp³-hybridized carbons (Fsp3) is 0.625. The van der Waals surface area contributed by atoms with Gasteiger partial charge < -0.3 is 9.47 Å². The van der Waals surface area contributed by atoms with Gasteiger partial charge in [0.15, 0.2) is 11.5 Å². The number of fused-ring (bicyclic) bond motifs is 1. The highest BCUT2D eigenvalue weighted by molar-refractivity contribution is 7.89. The molecule has 0 aromatic heterocycles. The summed E-state index contributed by atoms with van der Waals surface area (Å²) >= 11 is 0. The van der Waals surface area contributed by atoms with Crippen LogP contribution in [-0.4, -0.2) is 32.1 Å². The van der Waals surface area contributed by atoms with Gasteiger partial charge in [0.1, 0.15) is 0 Å². The molecule has 120 valence electrons. The Bertz CT molecular complexity index is 667. The van der Waals surface area contributed by atoms with E-state index in [9.17, 15) is 8.42 Å². The van der Waals surface area contributed by atoms with Crippen LogP contribution in [-0.2, 0) is 10.0 Å². The first-order chi connectivity index (χ1) is 10.7. The van der Waals surface area contributed by atoms with E-state index in [4.69, 9.17) is 9.47 Å². The molecule has 0 radical (unpaired) electrons. The Morgan fingerprint density at radius 3 is 2.59 bits per heavy atom. The molecule has 1 saturated carbocycles. The summed E-state index contributed by atoms with van der Waals surface area (Å²) in [5.74, 6) is 1.68. The van der Waals surface area contributed by atoms with Crippen molar-refractivity contribution in [3.63, 3.8) is 0 Å². The monoisotopic (exact) mass is 323 g/mol. The maximum Gasteiger partial charge on any atom is 0.243 e. The molecule has 2 fully saturated rings. The number of sulfonamides is 1. The summed E-state index contributed by atoms with van der Waals surface area (Å²) in [5, 5.41) is 0. The predicted octanol–water partition coefficient (Wildman–Crippen LogP) is 2.76. The van der Waals surface area contributed by atoms with Crippen LogP contribution < -0.4 is 9.47 Å². The van der Waals surface area contributed by atoms with Crippen LogP contribution in [0.15, 0.2) is 23.1 Å². The van der Waals surface area contributed by atoms with Crippen LogP contribution in [0.25, 0.3) is 0 Å². The Labute approximate surface area is 131 Å². The van der Waals surface area contributed by atoms with Crippen LogP contribution in [0.2, 0.25) is 0 Å². The van der Waals surface area contributed by atoms with Gasteiger partial charge in [-0.05, 0) is 43.7 Å². The second-order valence-electron chi connectivity index (χ2n) is 6.38. The Hall–Kier alpha value is -1.27. The fourth-order valence-corrected chi connectivity index (χ4v) is 5.82. The molecular formula is C16H21NO4S. The molecule has 4 rings (SSSR count). The van der Waals surface area contributed by atoms with Crippen molar-refractivity contribution >= 4 is 10.0 Å². The van der Waals surface area contributed by atoms with Crippen LogP contribution in [0.3, 0.4) is 0 Å². The second-order valence-corrected chi connectivity index (χ2v) is 8.28. The van der Waals surface area contributed by atoms with E-state index in [-0.39, 0.29) is 12.8 Å². The Balaban J connectivity index is 1.64. The first-order valence-corrected chi connectivity index (χ1v) is 9.52. The Kier molecular flexibility index (Phi) is 3.53. The molecule has 3 aliphatic rings. The first kappa shape index (κ1) is 14.3. The summed E-state index contributed by atoms with van der Waals surface area (Å²) in [6, 6.07) is 5.10. The smallest absolute Gasteiger partial charge is 0.243 e. The van der Waals surface area contributed by atoms with Crippen molar-refractivity contribution in [3.8, 4) is 11.5 Å². The van der Waals surface area contributed by atoms with Crippen LogP contribution in [0.4, 0.5) is 0 Å². The Morgan fingerprint density at radius 1 is 1.00 bits per heavy atom. The van der Waals surface area contributed by atoms with E-state index in [1.807, 2.05) is 0 Å². The van der Waals surface area contributed by atoms with Crippen molar-refractivity contribution in [2.75, 3.05) is 13.3 Å². The van der Waals surface area contributed by atoms with E-state index in [0.717, 1.165) is 25.7 Å². The SMILES string of the molecule is O=S(=O)(c1ccc2c(c1)OCO2)N1CCCC1C1CCCC1. The van der Waals surface area contributed by atoms with Crippen molar-refractivity contribution in [3.05, 3.63) is 18.2 Å². The maximum atomic E-state index is 13.0. The van der Waals surface area contributed by atoms with Gasteiger partial charge in [-0.25, -0.2) is 8.42 Å². The molecular weight excluding hydrogens is 302 g/mol. The minimum atomic E-state index is -3.45. The topological polar surface area (TPSA) is 55.8 Å². The molecule has 1 aromatic carbocycles. The molecule has 1 saturated heterocycles. The van der Waals surface area contributed by atoms with E-state index < -0.39 is 10.0 Å². The number of ether oxygens (including phenoxy) is 2.